The molecular formula is C17H20N4S2. The molecule has 120 valence electrons. The fourth-order valence-electron chi connectivity index (χ4n) is 2.31. The number of thiazole rings is 2. The van der Waals surface area contributed by atoms with E-state index in [0.717, 1.165) is 34.6 Å². The summed E-state index contributed by atoms with van der Waals surface area (Å²) >= 11 is 3.30. The lowest BCUT2D eigenvalue weighted by atomic mass is 10.1. The maximum atomic E-state index is 4.52. The third-order valence-corrected chi connectivity index (χ3v) is 5.20. The predicted octanol–water partition coefficient (Wildman–Crippen LogP) is 4.35. The number of aryl methyl sites for hydroxylation is 2. The van der Waals surface area contributed by atoms with Crippen LogP contribution < -0.4 is 10.6 Å². The molecule has 4 nitrogen and oxygen atoms in total. The van der Waals surface area contributed by atoms with Crippen LogP contribution in [0.25, 0.3) is 0 Å². The summed E-state index contributed by atoms with van der Waals surface area (Å²) in [4.78, 5) is 8.99. The van der Waals surface area contributed by atoms with Crippen LogP contribution in [0, 0.1) is 13.8 Å². The van der Waals surface area contributed by atoms with Gasteiger partial charge < -0.3 is 10.6 Å². The number of benzene rings is 1. The molecule has 0 unspecified atom stereocenters. The topological polar surface area (TPSA) is 49.8 Å². The number of rotatable bonds is 7. The molecule has 0 saturated heterocycles. The summed E-state index contributed by atoms with van der Waals surface area (Å²) in [5, 5.41) is 13.1. The van der Waals surface area contributed by atoms with E-state index in [1.54, 1.807) is 22.7 Å². The molecular weight excluding hydrogens is 324 g/mol. The first-order valence-electron chi connectivity index (χ1n) is 7.57. The maximum Gasteiger partial charge on any atom is 0.183 e. The average Bonchev–Trinajstić information content (AvgIpc) is 3.14. The molecule has 0 amide bonds. The lowest BCUT2D eigenvalue weighted by molar-refractivity contribution is 0.745. The van der Waals surface area contributed by atoms with Crippen LogP contribution in [-0.2, 0) is 6.42 Å². The van der Waals surface area contributed by atoms with Gasteiger partial charge in [0.2, 0.25) is 0 Å². The van der Waals surface area contributed by atoms with Gasteiger partial charge in [-0.15, -0.1) is 22.7 Å². The minimum atomic E-state index is 0.257. The number of nitrogens with zero attached hydrogens (tertiary/aromatic N) is 2. The van der Waals surface area contributed by atoms with Crippen LogP contribution in [0.2, 0.25) is 0 Å². The van der Waals surface area contributed by atoms with Gasteiger partial charge in [-0.3, -0.25) is 0 Å². The molecule has 2 heterocycles. The molecule has 2 aromatic heterocycles. The van der Waals surface area contributed by atoms with Crippen molar-refractivity contribution in [1.82, 2.24) is 9.97 Å². The first kappa shape index (κ1) is 16.0. The Labute approximate surface area is 144 Å². The van der Waals surface area contributed by atoms with Gasteiger partial charge in [0.25, 0.3) is 0 Å². The largest absolute Gasteiger partial charge is 0.359 e. The highest BCUT2D eigenvalue weighted by Crippen LogP contribution is 2.19. The second-order valence-corrected chi connectivity index (χ2v) is 7.22. The zero-order valence-corrected chi connectivity index (χ0v) is 14.9. The van der Waals surface area contributed by atoms with Gasteiger partial charge in [-0.05, 0) is 25.8 Å². The molecule has 1 atom stereocenters. The molecule has 0 aliphatic rings. The Kier molecular flexibility index (Phi) is 5.25. The molecule has 0 saturated carbocycles. The zero-order chi connectivity index (χ0) is 16.1. The standard InChI is InChI=1S/C17H20N4S2/c1-12-10-22-16(19-12)18-9-15(8-14-6-4-3-5-7-14)21-17-20-13(2)11-23-17/h3-7,10-11,15H,8-9H2,1-2H3,(H,18,19)(H,20,21)/t15-/m0/s1. The smallest absolute Gasteiger partial charge is 0.183 e. The van der Waals surface area contributed by atoms with Crippen LogP contribution in [0.5, 0.6) is 0 Å². The van der Waals surface area contributed by atoms with Gasteiger partial charge in [0.1, 0.15) is 0 Å². The van der Waals surface area contributed by atoms with E-state index in [1.807, 2.05) is 19.9 Å². The molecule has 0 aliphatic carbocycles. The number of nitrogens with one attached hydrogen (secondary N) is 2. The van der Waals surface area contributed by atoms with E-state index in [0.29, 0.717) is 0 Å². The van der Waals surface area contributed by atoms with Crippen LogP contribution in [0.15, 0.2) is 41.1 Å². The fraction of sp³-hybridized carbons (Fsp3) is 0.294. The summed E-state index contributed by atoms with van der Waals surface area (Å²) in [7, 11) is 0. The third-order valence-electron chi connectivity index (χ3n) is 3.39. The highest BCUT2D eigenvalue weighted by atomic mass is 32.1. The molecule has 0 fully saturated rings. The molecule has 3 aromatic rings. The quantitative estimate of drug-likeness (QED) is 0.669. The van der Waals surface area contributed by atoms with Crippen molar-refractivity contribution < 1.29 is 0 Å². The van der Waals surface area contributed by atoms with Crippen molar-refractivity contribution in [2.24, 2.45) is 0 Å². The zero-order valence-electron chi connectivity index (χ0n) is 13.2. The second-order valence-electron chi connectivity index (χ2n) is 5.50. The van der Waals surface area contributed by atoms with Gasteiger partial charge in [-0.1, -0.05) is 30.3 Å². The first-order chi connectivity index (χ1) is 11.2. The van der Waals surface area contributed by atoms with E-state index in [-0.39, 0.29) is 6.04 Å². The normalized spacial score (nSPS) is 12.1. The second kappa shape index (κ2) is 7.57. The lowest BCUT2D eigenvalue weighted by Gasteiger charge is -2.19. The average molecular weight is 345 g/mol. The van der Waals surface area contributed by atoms with Crippen molar-refractivity contribution in [3.8, 4) is 0 Å². The molecule has 2 N–H and O–H groups in total. The van der Waals surface area contributed by atoms with E-state index < -0.39 is 0 Å². The van der Waals surface area contributed by atoms with Gasteiger partial charge in [0.15, 0.2) is 10.3 Å². The van der Waals surface area contributed by atoms with Gasteiger partial charge in [0, 0.05) is 23.3 Å². The summed E-state index contributed by atoms with van der Waals surface area (Å²) < 4.78 is 0. The van der Waals surface area contributed by atoms with E-state index in [1.165, 1.54) is 5.56 Å². The minimum Gasteiger partial charge on any atom is -0.359 e. The summed E-state index contributed by atoms with van der Waals surface area (Å²) in [6.45, 7) is 4.84. The summed E-state index contributed by atoms with van der Waals surface area (Å²) in [5.74, 6) is 0. The summed E-state index contributed by atoms with van der Waals surface area (Å²) in [6, 6.07) is 10.8. The fourth-order valence-corrected chi connectivity index (χ4v) is 3.78. The Balaban J connectivity index is 1.67. The molecule has 0 bridgehead atoms. The van der Waals surface area contributed by atoms with Gasteiger partial charge in [-0.2, -0.15) is 0 Å². The molecule has 1 aromatic carbocycles. The molecule has 0 spiro atoms. The Morgan fingerprint density at radius 1 is 0.957 bits per heavy atom. The molecule has 6 heteroatoms. The van der Waals surface area contributed by atoms with Crippen molar-refractivity contribution in [2.75, 3.05) is 17.2 Å². The van der Waals surface area contributed by atoms with Crippen LogP contribution >= 0.6 is 22.7 Å². The highest BCUT2D eigenvalue weighted by Gasteiger charge is 2.12. The number of hydrogen-bond donors (Lipinski definition) is 2. The number of anilines is 2. The lowest BCUT2D eigenvalue weighted by Crippen LogP contribution is -2.30. The molecule has 0 radical (unpaired) electrons. The van der Waals surface area contributed by atoms with Crippen LogP contribution in [0.1, 0.15) is 17.0 Å². The van der Waals surface area contributed by atoms with Crippen molar-refractivity contribution in [1.29, 1.82) is 0 Å². The van der Waals surface area contributed by atoms with Crippen molar-refractivity contribution in [3.05, 3.63) is 58.0 Å². The Morgan fingerprint density at radius 3 is 2.22 bits per heavy atom. The van der Waals surface area contributed by atoms with Gasteiger partial charge in [-0.25, -0.2) is 9.97 Å². The summed E-state index contributed by atoms with van der Waals surface area (Å²) in [5.41, 5.74) is 3.43. The van der Waals surface area contributed by atoms with E-state index in [2.05, 4.69) is 55.6 Å². The van der Waals surface area contributed by atoms with Crippen LogP contribution in [0.4, 0.5) is 10.3 Å². The van der Waals surface area contributed by atoms with Gasteiger partial charge in [0.05, 0.1) is 11.4 Å². The Morgan fingerprint density at radius 2 is 1.61 bits per heavy atom. The maximum absolute atomic E-state index is 4.52. The van der Waals surface area contributed by atoms with Crippen LogP contribution in [0.3, 0.4) is 0 Å². The number of aromatic nitrogens is 2. The van der Waals surface area contributed by atoms with Crippen molar-refractivity contribution in [3.63, 3.8) is 0 Å². The highest BCUT2D eigenvalue weighted by molar-refractivity contribution is 7.14. The molecule has 23 heavy (non-hydrogen) atoms. The molecule has 0 aliphatic heterocycles. The van der Waals surface area contributed by atoms with E-state index >= 15 is 0 Å². The Bertz CT molecular complexity index is 736. The predicted molar refractivity (Wildman–Crippen MR) is 99.7 cm³/mol. The Hall–Kier alpha value is -1.92. The van der Waals surface area contributed by atoms with Crippen molar-refractivity contribution in [2.45, 2.75) is 26.3 Å². The first-order valence-corrected chi connectivity index (χ1v) is 9.33. The van der Waals surface area contributed by atoms with E-state index in [4.69, 9.17) is 0 Å². The molecule has 3 rings (SSSR count). The van der Waals surface area contributed by atoms with E-state index in [9.17, 15) is 0 Å². The number of hydrogen-bond acceptors (Lipinski definition) is 6. The van der Waals surface area contributed by atoms with Crippen LogP contribution in [-0.4, -0.2) is 22.6 Å². The summed E-state index contributed by atoms with van der Waals surface area (Å²) in [6.07, 6.45) is 0.941. The van der Waals surface area contributed by atoms with Crippen molar-refractivity contribution >= 4 is 32.9 Å². The third kappa shape index (κ3) is 4.77. The van der Waals surface area contributed by atoms with Gasteiger partial charge >= 0.3 is 0 Å². The monoisotopic (exact) mass is 344 g/mol. The minimum absolute atomic E-state index is 0.257. The SMILES string of the molecule is Cc1csc(NC[C@H](Cc2ccccc2)Nc2nc(C)cs2)n1.